The van der Waals surface area contributed by atoms with Gasteiger partial charge in [0.1, 0.15) is 0 Å². The van der Waals surface area contributed by atoms with E-state index >= 15 is 0 Å². The molecule has 1 aromatic carbocycles. The summed E-state index contributed by atoms with van der Waals surface area (Å²) in [6.45, 7) is 2.10. The Morgan fingerprint density at radius 1 is 1.04 bits per heavy atom. The molecule has 2 N–H and O–H groups in total. The molecule has 1 heterocycles. The fourth-order valence-electron chi connectivity index (χ4n) is 7.03. The van der Waals surface area contributed by atoms with Crippen LogP contribution in [0, 0.1) is 17.8 Å². The van der Waals surface area contributed by atoms with E-state index in [1.807, 2.05) is 12.1 Å². The summed E-state index contributed by atoms with van der Waals surface area (Å²) in [5.41, 5.74) is 4.14. The van der Waals surface area contributed by atoms with Gasteiger partial charge in [0.2, 0.25) is 5.95 Å². The quantitative estimate of drug-likeness (QED) is 0.820. The summed E-state index contributed by atoms with van der Waals surface area (Å²) in [7, 11) is 0. The summed E-state index contributed by atoms with van der Waals surface area (Å²) in [6, 6.07) is 10.4. The number of allylic oxidation sites excluding steroid dienone is 1. The number of rotatable bonds is 3. The van der Waals surface area contributed by atoms with Gasteiger partial charge in [-0.2, -0.15) is 0 Å². The highest BCUT2D eigenvalue weighted by Gasteiger charge is 2.51. The minimum absolute atomic E-state index is 0.0185. The summed E-state index contributed by atoms with van der Waals surface area (Å²) in [5, 5.41) is 3.75. The van der Waals surface area contributed by atoms with Crippen LogP contribution in [-0.4, -0.2) is 15.5 Å². The molecule has 4 bridgehead atoms. The molecule has 5 aliphatic rings. The van der Waals surface area contributed by atoms with E-state index in [4.69, 9.17) is 4.98 Å². The van der Waals surface area contributed by atoms with Crippen LogP contribution in [0.3, 0.4) is 0 Å². The molecular weight excluding hydrogens is 346 g/mol. The Bertz CT molecular complexity index is 985. The zero-order valence-corrected chi connectivity index (χ0v) is 16.4. The molecule has 144 valence electrons. The largest absolute Gasteiger partial charge is 0.350 e. The van der Waals surface area contributed by atoms with Crippen molar-refractivity contribution in [1.82, 2.24) is 9.97 Å². The molecule has 1 atom stereocenters. The fourth-order valence-corrected chi connectivity index (χ4v) is 7.03. The fraction of sp³-hybridized carbons (Fsp3) is 0.500. The molecule has 7 rings (SSSR count). The minimum Gasteiger partial charge on any atom is -0.350 e. The van der Waals surface area contributed by atoms with E-state index in [2.05, 4.69) is 41.5 Å². The van der Waals surface area contributed by atoms with Gasteiger partial charge in [-0.15, -0.1) is 0 Å². The SMILES string of the molecule is CC1=Cc2c(nc(NC34CC5CC(CC(C5)C3)C4)[nH]c2=O)C1c1ccccc1. The number of aromatic amines is 1. The van der Waals surface area contributed by atoms with Crippen LogP contribution in [-0.2, 0) is 0 Å². The van der Waals surface area contributed by atoms with Gasteiger partial charge in [-0.05, 0) is 74.8 Å². The molecular formula is C24H27N3O. The maximum atomic E-state index is 12.9. The van der Waals surface area contributed by atoms with Gasteiger partial charge in [-0.25, -0.2) is 4.98 Å². The number of H-pyrrole nitrogens is 1. The third-order valence-electron chi connectivity index (χ3n) is 7.64. The lowest BCUT2D eigenvalue weighted by Crippen LogP contribution is -2.55. The van der Waals surface area contributed by atoms with Crippen LogP contribution in [0.5, 0.6) is 0 Å². The van der Waals surface area contributed by atoms with Crippen LogP contribution < -0.4 is 10.9 Å². The van der Waals surface area contributed by atoms with Crippen molar-refractivity contribution in [3.8, 4) is 0 Å². The Labute approximate surface area is 165 Å². The van der Waals surface area contributed by atoms with Crippen molar-refractivity contribution in [2.24, 2.45) is 17.8 Å². The number of anilines is 1. The Balaban J connectivity index is 1.37. The van der Waals surface area contributed by atoms with Crippen LogP contribution in [0.1, 0.15) is 68.2 Å². The number of aromatic nitrogens is 2. The molecule has 0 radical (unpaired) electrons. The first-order valence-corrected chi connectivity index (χ1v) is 10.7. The maximum absolute atomic E-state index is 12.9. The average molecular weight is 374 g/mol. The van der Waals surface area contributed by atoms with E-state index in [1.165, 1.54) is 49.7 Å². The molecule has 4 fully saturated rings. The molecule has 1 aromatic heterocycles. The highest BCUT2D eigenvalue weighted by atomic mass is 16.1. The van der Waals surface area contributed by atoms with Gasteiger partial charge in [0.25, 0.3) is 5.56 Å². The second-order valence-corrected chi connectivity index (χ2v) is 9.77. The zero-order valence-electron chi connectivity index (χ0n) is 16.4. The lowest BCUT2D eigenvalue weighted by Gasteiger charge is -2.57. The van der Waals surface area contributed by atoms with E-state index in [0.717, 1.165) is 29.0 Å². The van der Waals surface area contributed by atoms with Crippen LogP contribution >= 0.6 is 0 Å². The van der Waals surface area contributed by atoms with E-state index in [1.54, 1.807) is 0 Å². The van der Waals surface area contributed by atoms with Crippen LogP contribution in [0.25, 0.3) is 6.08 Å². The third-order valence-corrected chi connectivity index (χ3v) is 7.64. The maximum Gasteiger partial charge on any atom is 0.259 e. The predicted octanol–water partition coefficient (Wildman–Crippen LogP) is 4.70. The summed E-state index contributed by atoms with van der Waals surface area (Å²) in [5.74, 6) is 3.34. The summed E-state index contributed by atoms with van der Waals surface area (Å²) < 4.78 is 0. The highest BCUT2D eigenvalue weighted by Crippen LogP contribution is 2.56. The minimum atomic E-state index is -0.0185. The summed E-state index contributed by atoms with van der Waals surface area (Å²) in [4.78, 5) is 20.9. The first-order valence-electron chi connectivity index (χ1n) is 10.7. The Kier molecular flexibility index (Phi) is 3.45. The molecule has 1 unspecified atom stereocenters. The highest BCUT2D eigenvalue weighted by molar-refractivity contribution is 5.67. The molecule has 4 heteroatoms. The van der Waals surface area contributed by atoms with Crippen LogP contribution in [0.15, 0.2) is 40.7 Å². The zero-order chi connectivity index (χ0) is 18.9. The number of hydrogen-bond acceptors (Lipinski definition) is 3. The van der Waals surface area contributed by atoms with Crippen molar-refractivity contribution in [1.29, 1.82) is 0 Å². The van der Waals surface area contributed by atoms with Crippen molar-refractivity contribution >= 4 is 12.0 Å². The molecule has 2 aromatic rings. The van der Waals surface area contributed by atoms with Crippen LogP contribution in [0.2, 0.25) is 0 Å². The number of benzene rings is 1. The Morgan fingerprint density at radius 3 is 2.32 bits per heavy atom. The average Bonchev–Trinajstić information content (AvgIpc) is 2.97. The molecule has 4 nitrogen and oxygen atoms in total. The monoisotopic (exact) mass is 373 g/mol. The van der Waals surface area contributed by atoms with Gasteiger partial charge < -0.3 is 5.32 Å². The molecule has 0 amide bonds. The van der Waals surface area contributed by atoms with Gasteiger partial charge in [-0.1, -0.05) is 35.9 Å². The van der Waals surface area contributed by atoms with E-state index in [-0.39, 0.29) is 17.0 Å². The van der Waals surface area contributed by atoms with Crippen LogP contribution in [0.4, 0.5) is 5.95 Å². The lowest BCUT2D eigenvalue weighted by atomic mass is 9.53. The predicted molar refractivity (Wildman–Crippen MR) is 111 cm³/mol. The molecule has 0 spiro atoms. The Morgan fingerprint density at radius 2 is 1.68 bits per heavy atom. The number of nitrogens with one attached hydrogen (secondary N) is 2. The van der Waals surface area contributed by atoms with Crippen molar-refractivity contribution in [2.75, 3.05) is 5.32 Å². The molecule has 4 saturated carbocycles. The van der Waals surface area contributed by atoms with Gasteiger partial charge >= 0.3 is 0 Å². The lowest BCUT2D eigenvalue weighted by molar-refractivity contribution is 0.0103. The second-order valence-electron chi connectivity index (χ2n) is 9.77. The topological polar surface area (TPSA) is 57.8 Å². The smallest absolute Gasteiger partial charge is 0.259 e. The number of hydrogen-bond donors (Lipinski definition) is 2. The molecule has 5 aliphatic carbocycles. The van der Waals surface area contributed by atoms with E-state index in [0.29, 0.717) is 5.95 Å². The molecule has 0 saturated heterocycles. The molecule has 0 aliphatic heterocycles. The van der Waals surface area contributed by atoms with E-state index in [9.17, 15) is 4.79 Å². The van der Waals surface area contributed by atoms with Gasteiger partial charge in [-0.3, -0.25) is 9.78 Å². The van der Waals surface area contributed by atoms with Gasteiger partial charge in [0.05, 0.1) is 11.3 Å². The van der Waals surface area contributed by atoms with Crippen molar-refractivity contribution < 1.29 is 0 Å². The normalized spacial score (nSPS) is 35.0. The number of nitrogens with zero attached hydrogens (tertiary/aromatic N) is 1. The third kappa shape index (κ3) is 2.50. The van der Waals surface area contributed by atoms with Gasteiger partial charge in [0, 0.05) is 11.5 Å². The first-order chi connectivity index (χ1) is 13.6. The van der Waals surface area contributed by atoms with Gasteiger partial charge in [0.15, 0.2) is 0 Å². The second kappa shape index (κ2) is 5.82. The van der Waals surface area contributed by atoms with E-state index < -0.39 is 0 Å². The molecule has 28 heavy (non-hydrogen) atoms. The summed E-state index contributed by atoms with van der Waals surface area (Å²) in [6.07, 6.45) is 9.95. The first kappa shape index (κ1) is 16.6. The number of fused-ring (bicyclic) bond motifs is 1. The van der Waals surface area contributed by atoms with Crippen molar-refractivity contribution in [3.05, 3.63) is 63.1 Å². The van der Waals surface area contributed by atoms with Crippen molar-refractivity contribution in [3.63, 3.8) is 0 Å². The van der Waals surface area contributed by atoms with Crippen molar-refractivity contribution in [2.45, 2.75) is 56.9 Å². The summed E-state index contributed by atoms with van der Waals surface area (Å²) >= 11 is 0. The standard InChI is InChI=1S/C24H27N3O/c1-14-7-19-21(20(14)18-5-3-2-4-6-18)25-23(26-22(19)28)27-24-11-15-8-16(12-24)10-17(9-15)13-24/h2-7,15-17,20H,8-13H2,1H3,(H2,25,26,27,28). The Hall–Kier alpha value is -2.36.